The van der Waals surface area contributed by atoms with E-state index in [1.807, 2.05) is 6.92 Å². The molecule has 0 unspecified atom stereocenters. The van der Waals surface area contributed by atoms with Crippen LogP contribution in [0.5, 0.6) is 0 Å². The number of halogens is 2. The van der Waals surface area contributed by atoms with Gasteiger partial charge < -0.3 is 0 Å². The topological polar surface area (TPSA) is 0 Å². The van der Waals surface area contributed by atoms with Gasteiger partial charge in [-0.1, -0.05) is 19.1 Å². The Hall–Kier alpha value is -0.920. The Bertz CT molecular complexity index is 243. The van der Waals surface area contributed by atoms with Crippen LogP contribution in [0.25, 0.3) is 0 Å². The fraction of sp³-hybridized carbons (Fsp3) is 0.333. The molecule has 11 heavy (non-hydrogen) atoms. The average molecular weight is 156 g/mol. The Kier molecular flexibility index (Phi) is 2.58. The van der Waals surface area contributed by atoms with E-state index >= 15 is 0 Å². The summed E-state index contributed by atoms with van der Waals surface area (Å²) < 4.78 is 25.1. The zero-order valence-electron chi connectivity index (χ0n) is 6.40. The van der Waals surface area contributed by atoms with E-state index in [0.29, 0.717) is 17.5 Å². The summed E-state index contributed by atoms with van der Waals surface area (Å²) in [6, 6.07) is 4.50. The van der Waals surface area contributed by atoms with Gasteiger partial charge in [0.25, 0.3) is 0 Å². The molecule has 0 saturated carbocycles. The van der Waals surface area contributed by atoms with Crippen LogP contribution in [0, 0.1) is 5.82 Å². The van der Waals surface area contributed by atoms with Crippen LogP contribution in [-0.2, 0) is 13.1 Å². The summed E-state index contributed by atoms with van der Waals surface area (Å²) >= 11 is 0. The molecule has 0 aliphatic carbocycles. The molecule has 0 amide bonds. The van der Waals surface area contributed by atoms with Crippen molar-refractivity contribution in [3.05, 3.63) is 35.1 Å². The zero-order chi connectivity index (χ0) is 8.27. The van der Waals surface area contributed by atoms with Crippen molar-refractivity contribution < 1.29 is 8.78 Å². The zero-order valence-corrected chi connectivity index (χ0v) is 6.40. The van der Waals surface area contributed by atoms with Crippen molar-refractivity contribution in [3.63, 3.8) is 0 Å². The highest BCUT2D eigenvalue weighted by Gasteiger charge is 2.04. The van der Waals surface area contributed by atoms with Crippen LogP contribution in [0.2, 0.25) is 0 Å². The smallest absolute Gasteiger partial charge is 0.126 e. The Balaban J connectivity index is 3.13. The molecular formula is C9H10F2. The first-order chi connectivity index (χ1) is 5.29. The van der Waals surface area contributed by atoms with Gasteiger partial charge in [0, 0.05) is 0 Å². The maximum atomic E-state index is 12.9. The molecule has 0 spiro atoms. The molecule has 0 heterocycles. The van der Waals surface area contributed by atoms with Crippen molar-refractivity contribution in [1.29, 1.82) is 0 Å². The van der Waals surface area contributed by atoms with E-state index in [4.69, 9.17) is 0 Å². The Morgan fingerprint density at radius 3 is 2.55 bits per heavy atom. The third-order valence-corrected chi connectivity index (χ3v) is 1.71. The Morgan fingerprint density at radius 1 is 1.36 bits per heavy atom. The molecule has 1 rings (SSSR count). The minimum absolute atomic E-state index is 0.303. The highest BCUT2D eigenvalue weighted by atomic mass is 19.1. The van der Waals surface area contributed by atoms with E-state index in [9.17, 15) is 8.78 Å². The normalized spacial score (nSPS) is 10.1. The largest absolute Gasteiger partial charge is 0.246 e. The molecule has 0 saturated heterocycles. The van der Waals surface area contributed by atoms with Gasteiger partial charge in [-0.15, -0.1) is 0 Å². The van der Waals surface area contributed by atoms with Gasteiger partial charge in [-0.3, -0.25) is 0 Å². The van der Waals surface area contributed by atoms with Crippen LogP contribution in [-0.4, -0.2) is 0 Å². The molecule has 0 aromatic heterocycles. The summed E-state index contributed by atoms with van der Waals surface area (Å²) in [6.07, 6.45) is 0.548. The second-order valence-electron chi connectivity index (χ2n) is 2.36. The average Bonchev–Trinajstić information content (AvgIpc) is 2.04. The predicted octanol–water partition coefficient (Wildman–Crippen LogP) is 2.86. The molecule has 0 aliphatic heterocycles. The molecule has 0 bridgehead atoms. The van der Waals surface area contributed by atoms with Gasteiger partial charge >= 0.3 is 0 Å². The molecule has 0 aliphatic rings. The SMILES string of the molecule is CCc1c(F)cccc1CF. The number of rotatable bonds is 2. The van der Waals surface area contributed by atoms with E-state index in [-0.39, 0.29) is 5.82 Å². The van der Waals surface area contributed by atoms with E-state index in [2.05, 4.69) is 0 Å². The van der Waals surface area contributed by atoms with Crippen LogP contribution in [0.1, 0.15) is 18.1 Å². The number of hydrogen-bond donors (Lipinski definition) is 0. The third kappa shape index (κ3) is 1.56. The van der Waals surface area contributed by atoms with Crippen LogP contribution in [0.4, 0.5) is 8.78 Å². The van der Waals surface area contributed by atoms with Crippen molar-refractivity contribution in [2.75, 3.05) is 0 Å². The van der Waals surface area contributed by atoms with Gasteiger partial charge in [0.05, 0.1) is 0 Å². The lowest BCUT2D eigenvalue weighted by Gasteiger charge is -2.03. The number of hydrogen-bond acceptors (Lipinski definition) is 0. The first-order valence-corrected chi connectivity index (χ1v) is 3.61. The van der Waals surface area contributed by atoms with Crippen molar-refractivity contribution in [1.82, 2.24) is 0 Å². The van der Waals surface area contributed by atoms with Crippen molar-refractivity contribution in [2.45, 2.75) is 20.0 Å². The highest BCUT2D eigenvalue weighted by Crippen LogP contribution is 2.14. The maximum Gasteiger partial charge on any atom is 0.126 e. The monoisotopic (exact) mass is 156 g/mol. The molecule has 2 heteroatoms. The molecular weight excluding hydrogens is 146 g/mol. The van der Waals surface area contributed by atoms with Gasteiger partial charge in [-0.05, 0) is 23.6 Å². The fourth-order valence-electron chi connectivity index (χ4n) is 1.12. The number of alkyl halides is 1. The summed E-state index contributed by atoms with van der Waals surface area (Å²) in [4.78, 5) is 0. The minimum Gasteiger partial charge on any atom is -0.246 e. The van der Waals surface area contributed by atoms with Crippen molar-refractivity contribution >= 4 is 0 Å². The predicted molar refractivity (Wildman–Crippen MR) is 40.6 cm³/mol. The van der Waals surface area contributed by atoms with Crippen LogP contribution in [0.3, 0.4) is 0 Å². The van der Waals surface area contributed by atoms with Crippen LogP contribution in [0.15, 0.2) is 18.2 Å². The second kappa shape index (κ2) is 3.46. The Labute approximate surface area is 64.9 Å². The first kappa shape index (κ1) is 8.18. The standard InChI is InChI=1S/C9H10F2/c1-2-8-7(6-10)4-3-5-9(8)11/h3-5H,2,6H2,1H3. The third-order valence-electron chi connectivity index (χ3n) is 1.71. The lowest BCUT2D eigenvalue weighted by Crippen LogP contribution is -1.93. The first-order valence-electron chi connectivity index (χ1n) is 3.61. The van der Waals surface area contributed by atoms with E-state index in [1.54, 1.807) is 6.07 Å². The lowest BCUT2D eigenvalue weighted by molar-refractivity contribution is 0.478. The quantitative estimate of drug-likeness (QED) is 0.617. The molecule has 0 radical (unpaired) electrons. The fourth-order valence-corrected chi connectivity index (χ4v) is 1.12. The van der Waals surface area contributed by atoms with Gasteiger partial charge in [0.15, 0.2) is 0 Å². The van der Waals surface area contributed by atoms with Gasteiger partial charge in [0.1, 0.15) is 12.5 Å². The molecule has 0 N–H and O–H groups in total. The molecule has 1 aromatic carbocycles. The van der Waals surface area contributed by atoms with E-state index in [1.165, 1.54) is 12.1 Å². The summed E-state index contributed by atoms with van der Waals surface area (Å²) in [6.45, 7) is 1.23. The van der Waals surface area contributed by atoms with Crippen molar-refractivity contribution in [2.24, 2.45) is 0 Å². The van der Waals surface area contributed by atoms with E-state index in [0.717, 1.165) is 0 Å². The van der Waals surface area contributed by atoms with Gasteiger partial charge in [0.2, 0.25) is 0 Å². The molecule has 0 atom stereocenters. The summed E-state index contributed by atoms with van der Waals surface area (Å²) in [5.41, 5.74) is 0.961. The van der Waals surface area contributed by atoms with Gasteiger partial charge in [-0.25, -0.2) is 8.78 Å². The summed E-state index contributed by atoms with van der Waals surface area (Å²) in [5, 5.41) is 0. The maximum absolute atomic E-state index is 12.9. The van der Waals surface area contributed by atoms with Crippen molar-refractivity contribution in [3.8, 4) is 0 Å². The molecule has 1 aromatic rings. The molecule has 0 fully saturated rings. The Morgan fingerprint density at radius 2 is 2.09 bits per heavy atom. The number of benzene rings is 1. The second-order valence-corrected chi connectivity index (χ2v) is 2.36. The lowest BCUT2D eigenvalue weighted by atomic mass is 10.1. The van der Waals surface area contributed by atoms with Crippen LogP contribution >= 0.6 is 0 Å². The summed E-state index contributed by atoms with van der Waals surface area (Å²) in [7, 11) is 0. The molecule has 60 valence electrons. The van der Waals surface area contributed by atoms with E-state index < -0.39 is 6.67 Å². The molecule has 0 nitrogen and oxygen atoms in total. The minimum atomic E-state index is -0.582. The highest BCUT2D eigenvalue weighted by molar-refractivity contribution is 5.27. The van der Waals surface area contributed by atoms with Crippen LogP contribution < -0.4 is 0 Å². The van der Waals surface area contributed by atoms with Gasteiger partial charge in [-0.2, -0.15) is 0 Å². The summed E-state index contributed by atoms with van der Waals surface area (Å²) in [5.74, 6) is -0.303.